The second-order valence-electron chi connectivity index (χ2n) is 5.65. The number of ether oxygens (including phenoxy) is 1. The number of morpholine rings is 1. The normalized spacial score (nSPS) is 14.5. The smallest absolute Gasteiger partial charge is 0.226 e. The van der Waals surface area contributed by atoms with E-state index in [4.69, 9.17) is 15.5 Å². The molecule has 2 aromatic rings. The van der Waals surface area contributed by atoms with E-state index in [0.717, 1.165) is 49.2 Å². The Morgan fingerprint density at radius 3 is 2.48 bits per heavy atom. The molecule has 0 radical (unpaired) electrons. The van der Waals surface area contributed by atoms with Crippen molar-refractivity contribution in [3.8, 4) is 11.3 Å². The number of halogens is 1. The minimum Gasteiger partial charge on any atom is -0.378 e. The highest BCUT2D eigenvalue weighted by Crippen LogP contribution is 2.23. The molecular weight excluding hydrogens is 312 g/mol. The van der Waals surface area contributed by atoms with E-state index in [-0.39, 0.29) is 12.4 Å². The monoisotopic (exact) mass is 334 g/mol. The summed E-state index contributed by atoms with van der Waals surface area (Å²) in [5.74, 6) is 0.750. The molecule has 3 rings (SSSR count). The summed E-state index contributed by atoms with van der Waals surface area (Å²) >= 11 is 0. The van der Waals surface area contributed by atoms with Crippen LogP contribution >= 0.6 is 12.4 Å². The Balaban J connectivity index is 0.00000192. The third-order valence-corrected chi connectivity index (χ3v) is 4.07. The van der Waals surface area contributed by atoms with E-state index in [1.807, 2.05) is 6.07 Å². The molecule has 0 atom stereocenters. The van der Waals surface area contributed by atoms with Gasteiger partial charge in [-0.25, -0.2) is 9.97 Å². The highest BCUT2D eigenvalue weighted by atomic mass is 35.5. The van der Waals surface area contributed by atoms with Crippen LogP contribution in [0.1, 0.15) is 16.8 Å². The van der Waals surface area contributed by atoms with Crippen LogP contribution in [-0.2, 0) is 11.3 Å². The van der Waals surface area contributed by atoms with Gasteiger partial charge in [-0.3, -0.25) is 0 Å². The van der Waals surface area contributed by atoms with Crippen LogP contribution in [0.3, 0.4) is 0 Å². The van der Waals surface area contributed by atoms with Crippen molar-refractivity contribution in [2.24, 2.45) is 5.73 Å². The molecule has 124 valence electrons. The number of aromatic nitrogens is 2. The maximum Gasteiger partial charge on any atom is 0.226 e. The maximum atomic E-state index is 5.82. The number of nitrogens with two attached hydrogens (primary N) is 1. The number of rotatable bonds is 3. The summed E-state index contributed by atoms with van der Waals surface area (Å²) in [6, 6.07) is 8.38. The predicted molar refractivity (Wildman–Crippen MR) is 95.1 cm³/mol. The molecule has 1 aliphatic heterocycles. The molecule has 0 saturated carbocycles. The lowest BCUT2D eigenvalue weighted by molar-refractivity contribution is 0.122. The molecule has 6 heteroatoms. The van der Waals surface area contributed by atoms with Gasteiger partial charge in [-0.2, -0.15) is 0 Å². The zero-order valence-corrected chi connectivity index (χ0v) is 14.4. The van der Waals surface area contributed by atoms with Crippen molar-refractivity contribution in [2.45, 2.75) is 20.4 Å². The summed E-state index contributed by atoms with van der Waals surface area (Å²) in [5, 5.41) is 0. The molecule has 0 spiro atoms. The van der Waals surface area contributed by atoms with Gasteiger partial charge in [0, 0.05) is 25.2 Å². The van der Waals surface area contributed by atoms with Crippen LogP contribution < -0.4 is 10.6 Å². The van der Waals surface area contributed by atoms with Crippen molar-refractivity contribution < 1.29 is 4.74 Å². The molecule has 1 aliphatic rings. The number of hydrogen-bond donors (Lipinski definition) is 1. The average molecular weight is 335 g/mol. The Morgan fingerprint density at radius 2 is 1.83 bits per heavy atom. The number of aryl methyl sites for hydroxylation is 2. The van der Waals surface area contributed by atoms with Gasteiger partial charge in [0.1, 0.15) is 0 Å². The van der Waals surface area contributed by atoms with Crippen LogP contribution in [0.25, 0.3) is 11.3 Å². The van der Waals surface area contributed by atoms with Gasteiger partial charge in [-0.15, -0.1) is 12.4 Å². The third kappa shape index (κ3) is 3.99. The molecule has 0 unspecified atom stereocenters. The van der Waals surface area contributed by atoms with Crippen LogP contribution in [0.5, 0.6) is 0 Å². The standard InChI is InChI=1S/C17H22N4O.ClH/c1-12-3-4-14(9-13(12)2)16-10-15(11-18)19-17(20-16)21-5-7-22-8-6-21;/h3-4,9-10H,5-8,11,18H2,1-2H3;1H. The van der Waals surface area contributed by atoms with Crippen LogP contribution in [0.2, 0.25) is 0 Å². The van der Waals surface area contributed by atoms with E-state index in [1.54, 1.807) is 0 Å². The molecule has 2 N–H and O–H groups in total. The van der Waals surface area contributed by atoms with Crippen LogP contribution in [0, 0.1) is 13.8 Å². The first kappa shape index (κ1) is 17.7. The van der Waals surface area contributed by atoms with Gasteiger partial charge in [0.2, 0.25) is 5.95 Å². The highest BCUT2D eigenvalue weighted by Gasteiger charge is 2.16. The first-order valence-electron chi connectivity index (χ1n) is 7.66. The SMILES string of the molecule is Cc1ccc(-c2cc(CN)nc(N3CCOCC3)n2)cc1C.Cl. The van der Waals surface area contributed by atoms with Gasteiger partial charge >= 0.3 is 0 Å². The lowest BCUT2D eigenvalue weighted by Crippen LogP contribution is -2.37. The molecule has 0 amide bonds. The Hall–Kier alpha value is -1.69. The Morgan fingerprint density at radius 1 is 1.09 bits per heavy atom. The van der Waals surface area contributed by atoms with E-state index in [0.29, 0.717) is 6.54 Å². The molecule has 0 aliphatic carbocycles. The van der Waals surface area contributed by atoms with Crippen molar-refractivity contribution in [1.29, 1.82) is 0 Å². The zero-order chi connectivity index (χ0) is 15.5. The quantitative estimate of drug-likeness (QED) is 0.934. The predicted octanol–water partition coefficient (Wildman–Crippen LogP) is 2.48. The minimum atomic E-state index is 0. The second kappa shape index (κ2) is 7.73. The third-order valence-electron chi connectivity index (χ3n) is 4.07. The molecule has 2 heterocycles. The summed E-state index contributed by atoms with van der Waals surface area (Å²) in [7, 11) is 0. The molecule has 1 aromatic carbocycles. The number of hydrogen-bond acceptors (Lipinski definition) is 5. The van der Waals surface area contributed by atoms with Crippen molar-refractivity contribution in [2.75, 3.05) is 31.2 Å². The lowest BCUT2D eigenvalue weighted by Gasteiger charge is -2.27. The lowest BCUT2D eigenvalue weighted by atomic mass is 10.0. The van der Waals surface area contributed by atoms with E-state index in [9.17, 15) is 0 Å². The van der Waals surface area contributed by atoms with Crippen molar-refractivity contribution >= 4 is 18.4 Å². The average Bonchev–Trinajstić information content (AvgIpc) is 2.57. The summed E-state index contributed by atoms with van der Waals surface area (Å²) < 4.78 is 5.40. The topological polar surface area (TPSA) is 64.3 Å². The summed E-state index contributed by atoms with van der Waals surface area (Å²) in [5.41, 5.74) is 11.3. The molecule has 1 aromatic heterocycles. The highest BCUT2D eigenvalue weighted by molar-refractivity contribution is 5.85. The van der Waals surface area contributed by atoms with Crippen LogP contribution in [-0.4, -0.2) is 36.3 Å². The van der Waals surface area contributed by atoms with Gasteiger partial charge in [0.15, 0.2) is 0 Å². The van der Waals surface area contributed by atoms with Gasteiger partial charge in [0.05, 0.1) is 24.6 Å². The minimum absolute atomic E-state index is 0. The maximum absolute atomic E-state index is 5.82. The van der Waals surface area contributed by atoms with Gasteiger partial charge in [-0.1, -0.05) is 12.1 Å². The molecule has 1 fully saturated rings. The van der Waals surface area contributed by atoms with Gasteiger partial charge < -0.3 is 15.4 Å². The number of nitrogens with zero attached hydrogens (tertiary/aromatic N) is 3. The first-order valence-corrected chi connectivity index (χ1v) is 7.66. The van der Waals surface area contributed by atoms with E-state index < -0.39 is 0 Å². The van der Waals surface area contributed by atoms with Crippen molar-refractivity contribution in [3.05, 3.63) is 41.1 Å². The Kier molecular flexibility index (Phi) is 5.93. The largest absolute Gasteiger partial charge is 0.378 e. The van der Waals surface area contributed by atoms with Crippen LogP contribution in [0.4, 0.5) is 5.95 Å². The summed E-state index contributed by atoms with van der Waals surface area (Å²) in [6.07, 6.45) is 0. The van der Waals surface area contributed by atoms with E-state index in [1.165, 1.54) is 11.1 Å². The molecule has 0 bridgehead atoms. The number of anilines is 1. The molecule has 1 saturated heterocycles. The fraction of sp³-hybridized carbons (Fsp3) is 0.412. The molecule has 23 heavy (non-hydrogen) atoms. The molecule has 5 nitrogen and oxygen atoms in total. The van der Waals surface area contributed by atoms with Gasteiger partial charge in [0.25, 0.3) is 0 Å². The van der Waals surface area contributed by atoms with Gasteiger partial charge in [-0.05, 0) is 37.1 Å². The fourth-order valence-electron chi connectivity index (χ4n) is 2.54. The second-order valence-corrected chi connectivity index (χ2v) is 5.65. The summed E-state index contributed by atoms with van der Waals surface area (Å²) in [6.45, 7) is 7.72. The fourth-order valence-corrected chi connectivity index (χ4v) is 2.54. The Labute approximate surface area is 143 Å². The first-order chi connectivity index (χ1) is 10.7. The molecular formula is C17H23ClN4O. The van der Waals surface area contributed by atoms with Crippen LogP contribution in [0.15, 0.2) is 24.3 Å². The summed E-state index contributed by atoms with van der Waals surface area (Å²) in [4.78, 5) is 11.5. The van der Waals surface area contributed by atoms with Crippen molar-refractivity contribution in [1.82, 2.24) is 9.97 Å². The number of benzene rings is 1. The Bertz CT molecular complexity index is 672. The van der Waals surface area contributed by atoms with E-state index >= 15 is 0 Å². The van der Waals surface area contributed by atoms with E-state index in [2.05, 4.69) is 41.9 Å². The zero-order valence-electron chi connectivity index (χ0n) is 13.6. The van der Waals surface area contributed by atoms with Crippen molar-refractivity contribution in [3.63, 3.8) is 0 Å².